The van der Waals surface area contributed by atoms with Gasteiger partial charge in [0.15, 0.2) is 5.78 Å². The van der Waals surface area contributed by atoms with Crippen molar-refractivity contribution in [2.45, 2.75) is 114 Å². The number of nitrogens with zero attached hydrogens (tertiary/aromatic N) is 2. The number of allylic oxidation sites excluding steroid dienone is 2. The van der Waals surface area contributed by atoms with Crippen molar-refractivity contribution in [2.75, 3.05) is 0 Å². The second kappa shape index (κ2) is 17.7. The number of carbonyl (C=O) groups is 1. The van der Waals surface area contributed by atoms with Crippen LogP contribution in [0, 0.1) is 29.9 Å². The van der Waals surface area contributed by atoms with Crippen LogP contribution in [0.3, 0.4) is 0 Å². The van der Waals surface area contributed by atoms with Crippen molar-refractivity contribution in [3.8, 4) is 22.5 Å². The van der Waals surface area contributed by atoms with E-state index < -0.39 is 0 Å². The molecule has 5 rings (SSSR count). The first kappa shape index (κ1) is 43.1. The van der Waals surface area contributed by atoms with Crippen LogP contribution < -0.4 is 4.57 Å². The zero-order valence-corrected chi connectivity index (χ0v) is 36.5. The SMILES string of the molecule is CCC(C)(CC)C(=O)/C=C(\O)C(C)(CC)CC.[CH2-][n+]1ccc(-c2cc3sccc3c(CC(C)C)n2)cc1-c1[c-]c2ccccc2c(C(C)(C)C)c1.[Ir]. The number of benzene rings is 2. The number of ketones is 1. The first-order valence-electron chi connectivity index (χ1n) is 18.7. The van der Waals surface area contributed by atoms with Gasteiger partial charge in [0.2, 0.25) is 0 Å². The van der Waals surface area contributed by atoms with Crippen molar-refractivity contribution in [3.05, 3.63) is 102 Å². The normalized spacial score (nSPS) is 12.5. The summed E-state index contributed by atoms with van der Waals surface area (Å²) in [6.45, 7) is 23.4. The van der Waals surface area contributed by atoms with Crippen molar-refractivity contribution in [2.24, 2.45) is 16.7 Å². The second-order valence-corrected chi connectivity index (χ2v) is 16.9. The molecule has 0 amide bonds. The van der Waals surface area contributed by atoms with E-state index in [-0.39, 0.29) is 47.9 Å². The molecule has 0 aliphatic carbocycles. The third-order valence-corrected chi connectivity index (χ3v) is 11.8. The predicted octanol–water partition coefficient (Wildman–Crippen LogP) is 12.7. The van der Waals surface area contributed by atoms with Crippen LogP contribution in [0.25, 0.3) is 43.4 Å². The van der Waals surface area contributed by atoms with Crippen molar-refractivity contribution in [1.29, 1.82) is 0 Å². The molecule has 1 radical (unpaired) electrons. The maximum Gasteiger partial charge on any atom is 0.164 e. The summed E-state index contributed by atoms with van der Waals surface area (Å²) < 4.78 is 3.23. The summed E-state index contributed by atoms with van der Waals surface area (Å²) in [7, 11) is 4.28. The Morgan fingerprint density at radius 2 is 1.56 bits per heavy atom. The molecule has 3 heterocycles. The second-order valence-electron chi connectivity index (χ2n) is 16.0. The van der Waals surface area contributed by atoms with Crippen LogP contribution in [-0.2, 0) is 36.7 Å². The minimum atomic E-state index is -0.337. The van der Waals surface area contributed by atoms with Gasteiger partial charge in [-0.25, -0.2) is 0 Å². The Morgan fingerprint density at radius 1 is 0.923 bits per heavy atom. The molecule has 0 aliphatic rings. The molecule has 0 bridgehead atoms. The van der Waals surface area contributed by atoms with Gasteiger partial charge in [-0.2, -0.15) is 0 Å². The number of aliphatic hydroxyl groups is 1. The predicted molar refractivity (Wildman–Crippen MR) is 218 cm³/mol. The summed E-state index contributed by atoms with van der Waals surface area (Å²) in [5.41, 5.74) is 6.13. The molecule has 0 aliphatic heterocycles. The van der Waals surface area contributed by atoms with E-state index >= 15 is 0 Å². The van der Waals surface area contributed by atoms with E-state index in [0.29, 0.717) is 5.92 Å². The summed E-state index contributed by atoms with van der Waals surface area (Å²) >= 11 is 1.78. The van der Waals surface area contributed by atoms with Gasteiger partial charge in [-0.1, -0.05) is 105 Å². The van der Waals surface area contributed by atoms with Gasteiger partial charge in [-0.05, 0) is 78.6 Å². The van der Waals surface area contributed by atoms with Crippen LogP contribution in [0.15, 0.2) is 78.0 Å². The molecule has 0 saturated carbocycles. The Kier molecular flexibility index (Phi) is 14.6. The summed E-state index contributed by atoms with van der Waals surface area (Å²) in [6, 6.07) is 23.2. The van der Waals surface area contributed by atoms with Gasteiger partial charge in [0.1, 0.15) is 11.5 Å². The van der Waals surface area contributed by atoms with Crippen LogP contribution in [-0.4, -0.2) is 15.9 Å². The standard InChI is InChI=1S/C31H31N2S.C15H28O2.Ir/c1-20(2)15-28-25-12-14-34-30(25)19-27(32-28)22-11-13-33(6)29(18-22)23-16-21-9-7-8-10-24(21)26(17-23)31(3,4)5;1-7-14(5,8-2)12(16)11-13(17)15(6,9-3)10-4;/h7-14,17-20H,6,15H2,1-5H3;11,16H,7-10H2,1-6H3;/q-1;;/b;12-11-;. The van der Waals surface area contributed by atoms with Gasteiger partial charge in [0, 0.05) is 59.8 Å². The molecular weight excluding hydrogens is 837 g/mol. The quantitative estimate of drug-likeness (QED) is 0.0622. The molecule has 5 aromatic rings. The number of thiophene rings is 1. The fraction of sp³-hybridized carbons (Fsp3) is 0.435. The number of aliphatic hydroxyl groups excluding tert-OH is 1. The fourth-order valence-corrected chi connectivity index (χ4v) is 7.16. The van der Waals surface area contributed by atoms with Crippen LogP contribution in [0.1, 0.15) is 113 Å². The minimum absolute atomic E-state index is 0. The van der Waals surface area contributed by atoms with Crippen LogP contribution in [0.4, 0.5) is 0 Å². The Bertz CT molecular complexity index is 2010. The Balaban J connectivity index is 0.000000347. The molecule has 3 aromatic heterocycles. The number of carbonyl (C=O) groups excluding carboxylic acids is 1. The Labute approximate surface area is 331 Å². The monoisotopic (exact) mass is 896 g/mol. The van der Waals surface area contributed by atoms with E-state index in [1.54, 1.807) is 11.3 Å². The van der Waals surface area contributed by atoms with Crippen LogP contribution in [0.2, 0.25) is 0 Å². The molecule has 0 spiro atoms. The maximum atomic E-state index is 12.2. The van der Waals surface area contributed by atoms with Crippen LogP contribution >= 0.6 is 11.3 Å². The molecule has 0 fully saturated rings. The molecule has 2 aromatic carbocycles. The Hall–Kier alpha value is -3.31. The molecule has 0 unspecified atom stereocenters. The largest absolute Gasteiger partial charge is 0.512 e. The van der Waals surface area contributed by atoms with Gasteiger partial charge in [-0.15, -0.1) is 40.5 Å². The third kappa shape index (κ3) is 9.61. The number of rotatable bonds is 11. The molecule has 52 heavy (non-hydrogen) atoms. The van der Waals surface area contributed by atoms with Crippen molar-refractivity contribution < 1.29 is 34.6 Å². The zero-order chi connectivity index (χ0) is 37.7. The van der Waals surface area contributed by atoms with E-state index in [0.717, 1.165) is 60.0 Å². The summed E-state index contributed by atoms with van der Waals surface area (Å²) in [6.07, 6.45) is 7.76. The first-order valence-corrected chi connectivity index (χ1v) is 19.5. The number of fused-ring (bicyclic) bond motifs is 2. The first-order chi connectivity index (χ1) is 24.0. The maximum absolute atomic E-state index is 12.2. The summed E-state index contributed by atoms with van der Waals surface area (Å²) in [5.74, 6) is 0.843. The van der Waals surface area contributed by atoms with Gasteiger partial charge in [0.05, 0.1) is 11.9 Å². The number of hydrogen-bond acceptors (Lipinski definition) is 4. The molecule has 0 atom stereocenters. The molecular formula is C46H59IrN2O2S-. The fourth-order valence-electron chi connectivity index (χ4n) is 6.32. The van der Waals surface area contributed by atoms with Gasteiger partial charge < -0.3 is 9.67 Å². The number of pyridine rings is 2. The third-order valence-electron chi connectivity index (χ3n) is 10.9. The zero-order valence-electron chi connectivity index (χ0n) is 33.2. The van der Waals surface area contributed by atoms with E-state index in [2.05, 4.69) is 108 Å². The Morgan fingerprint density at radius 3 is 2.15 bits per heavy atom. The number of aromatic nitrogens is 2. The topological polar surface area (TPSA) is 54.1 Å². The summed E-state index contributed by atoms with van der Waals surface area (Å²) in [4.78, 5) is 17.3. The molecule has 0 saturated heterocycles. The molecule has 281 valence electrons. The number of hydrogen-bond donors (Lipinski definition) is 1. The minimum Gasteiger partial charge on any atom is -0.512 e. The molecule has 1 N–H and O–H groups in total. The smallest absolute Gasteiger partial charge is 0.164 e. The van der Waals surface area contributed by atoms with Crippen molar-refractivity contribution in [3.63, 3.8) is 0 Å². The average Bonchev–Trinajstić information content (AvgIpc) is 3.59. The molecule has 4 nitrogen and oxygen atoms in total. The van der Waals surface area contributed by atoms with E-state index in [1.807, 2.05) is 52.3 Å². The van der Waals surface area contributed by atoms with Gasteiger partial charge >= 0.3 is 0 Å². The van der Waals surface area contributed by atoms with E-state index in [4.69, 9.17) is 4.98 Å². The van der Waals surface area contributed by atoms with E-state index in [9.17, 15) is 9.90 Å². The van der Waals surface area contributed by atoms with Crippen molar-refractivity contribution in [1.82, 2.24) is 4.98 Å². The van der Waals surface area contributed by atoms with Gasteiger partial charge in [0.25, 0.3) is 0 Å². The van der Waals surface area contributed by atoms with Gasteiger partial charge in [-0.3, -0.25) is 9.78 Å². The average molecular weight is 896 g/mol. The van der Waals surface area contributed by atoms with Crippen molar-refractivity contribution >= 4 is 38.0 Å². The van der Waals surface area contributed by atoms with Crippen LogP contribution in [0.5, 0.6) is 0 Å². The van der Waals surface area contributed by atoms with E-state index in [1.165, 1.54) is 32.8 Å². The molecule has 6 heteroatoms. The summed E-state index contributed by atoms with van der Waals surface area (Å²) in [5, 5.41) is 16.0.